The number of ketones is 1. The molecule has 7 heteroatoms. The Kier molecular flexibility index (Phi) is 7.53. The molecule has 0 radical (unpaired) electrons. The topological polar surface area (TPSA) is 73.3 Å². The van der Waals surface area contributed by atoms with Crippen LogP contribution in [0.1, 0.15) is 31.0 Å². The zero-order valence-electron chi connectivity index (χ0n) is 21.9. The number of ether oxygens (including phenoxy) is 1. The van der Waals surface area contributed by atoms with Crippen molar-refractivity contribution >= 4 is 34.5 Å². The molecule has 3 aromatic rings. The first-order valence-electron chi connectivity index (χ1n) is 12.4. The largest absolute Gasteiger partial charge is 0.507 e. The van der Waals surface area contributed by atoms with E-state index >= 15 is 0 Å². The average molecular weight is 500 g/mol. The van der Waals surface area contributed by atoms with Crippen molar-refractivity contribution in [2.75, 3.05) is 49.0 Å². The van der Waals surface area contributed by atoms with Gasteiger partial charge in [0.15, 0.2) is 0 Å². The summed E-state index contributed by atoms with van der Waals surface area (Å²) in [7, 11) is 5.45. The van der Waals surface area contributed by atoms with Gasteiger partial charge in [0, 0.05) is 49.8 Å². The maximum absolute atomic E-state index is 13.4. The molecule has 0 bridgehead atoms. The molecule has 1 amide bonds. The van der Waals surface area contributed by atoms with Crippen LogP contribution < -0.4 is 19.4 Å². The fourth-order valence-corrected chi connectivity index (χ4v) is 4.69. The summed E-state index contributed by atoms with van der Waals surface area (Å²) in [6, 6.07) is 21.3. The van der Waals surface area contributed by atoms with Crippen LogP contribution in [0.3, 0.4) is 0 Å². The maximum Gasteiger partial charge on any atom is 0.300 e. The average Bonchev–Trinajstić information content (AvgIpc) is 3.19. The number of benzene rings is 3. The number of aliphatic hydroxyl groups is 1. The molecule has 1 heterocycles. The van der Waals surface area contributed by atoms with Gasteiger partial charge in [-0.1, -0.05) is 12.1 Å². The van der Waals surface area contributed by atoms with Crippen LogP contribution in [0.15, 0.2) is 78.4 Å². The van der Waals surface area contributed by atoms with Gasteiger partial charge < -0.3 is 19.6 Å². The number of hydrogen-bond donors (Lipinski definition) is 1. The first-order valence-corrected chi connectivity index (χ1v) is 12.4. The van der Waals surface area contributed by atoms with Gasteiger partial charge in [-0.25, -0.2) is 0 Å². The number of rotatable bonds is 8. The number of amides is 1. The van der Waals surface area contributed by atoms with Crippen molar-refractivity contribution in [1.29, 1.82) is 0 Å². The Morgan fingerprint density at radius 2 is 1.43 bits per heavy atom. The Balaban J connectivity index is 1.86. The predicted molar refractivity (Wildman–Crippen MR) is 149 cm³/mol. The van der Waals surface area contributed by atoms with E-state index in [2.05, 4.69) is 18.7 Å². The van der Waals surface area contributed by atoms with E-state index in [1.54, 1.807) is 31.4 Å². The van der Waals surface area contributed by atoms with Gasteiger partial charge in [0.25, 0.3) is 11.7 Å². The van der Waals surface area contributed by atoms with Gasteiger partial charge in [0.2, 0.25) is 0 Å². The highest BCUT2D eigenvalue weighted by Gasteiger charge is 2.47. The quantitative estimate of drug-likeness (QED) is 0.260. The van der Waals surface area contributed by atoms with E-state index in [0.29, 0.717) is 17.0 Å². The molecule has 0 spiro atoms. The monoisotopic (exact) mass is 499 g/mol. The highest BCUT2D eigenvalue weighted by atomic mass is 16.5. The minimum absolute atomic E-state index is 0.0561. The van der Waals surface area contributed by atoms with Gasteiger partial charge in [-0.3, -0.25) is 14.5 Å². The van der Waals surface area contributed by atoms with E-state index in [0.717, 1.165) is 30.0 Å². The van der Waals surface area contributed by atoms with Gasteiger partial charge in [-0.05, 0) is 80.1 Å². The molecule has 7 nitrogen and oxygen atoms in total. The molecule has 1 aliphatic heterocycles. The molecule has 0 aromatic heterocycles. The summed E-state index contributed by atoms with van der Waals surface area (Å²) >= 11 is 0. The van der Waals surface area contributed by atoms with Crippen molar-refractivity contribution in [1.82, 2.24) is 0 Å². The highest BCUT2D eigenvalue weighted by Crippen LogP contribution is 2.43. The van der Waals surface area contributed by atoms with E-state index in [9.17, 15) is 14.7 Å². The Labute approximate surface area is 218 Å². The van der Waals surface area contributed by atoms with Crippen LogP contribution in [-0.2, 0) is 9.59 Å². The lowest BCUT2D eigenvalue weighted by Crippen LogP contribution is -2.29. The van der Waals surface area contributed by atoms with E-state index in [4.69, 9.17) is 4.74 Å². The highest BCUT2D eigenvalue weighted by molar-refractivity contribution is 6.51. The van der Waals surface area contributed by atoms with Gasteiger partial charge in [0.1, 0.15) is 11.5 Å². The molecule has 37 heavy (non-hydrogen) atoms. The second-order valence-electron chi connectivity index (χ2n) is 9.07. The molecule has 0 aliphatic carbocycles. The molecule has 1 N–H and O–H groups in total. The normalized spacial score (nSPS) is 16.7. The fourth-order valence-electron chi connectivity index (χ4n) is 4.69. The van der Waals surface area contributed by atoms with Crippen LogP contribution in [0, 0.1) is 0 Å². The summed E-state index contributed by atoms with van der Waals surface area (Å²) in [6.45, 7) is 5.90. The van der Waals surface area contributed by atoms with E-state index in [1.165, 1.54) is 4.90 Å². The molecule has 192 valence electrons. The first-order chi connectivity index (χ1) is 17.8. The molecule has 1 fully saturated rings. The van der Waals surface area contributed by atoms with Crippen molar-refractivity contribution in [3.05, 3.63) is 89.5 Å². The van der Waals surface area contributed by atoms with Crippen molar-refractivity contribution < 1.29 is 19.4 Å². The van der Waals surface area contributed by atoms with Crippen LogP contribution in [0.25, 0.3) is 5.76 Å². The second-order valence-corrected chi connectivity index (χ2v) is 9.07. The van der Waals surface area contributed by atoms with Crippen LogP contribution in [0.4, 0.5) is 17.1 Å². The number of anilines is 3. The number of carbonyl (C=O) groups excluding carboxylic acids is 2. The predicted octanol–water partition coefficient (Wildman–Crippen LogP) is 5.23. The molecule has 1 saturated heterocycles. The summed E-state index contributed by atoms with van der Waals surface area (Å²) in [5.41, 5.74) is 3.84. The number of nitrogens with zero attached hydrogens (tertiary/aromatic N) is 3. The smallest absolute Gasteiger partial charge is 0.300 e. The number of methoxy groups -OCH3 is 1. The van der Waals surface area contributed by atoms with Crippen molar-refractivity contribution in [3.8, 4) is 5.75 Å². The zero-order valence-corrected chi connectivity index (χ0v) is 21.9. The Morgan fingerprint density at radius 3 is 1.95 bits per heavy atom. The van der Waals surface area contributed by atoms with Crippen LogP contribution in [0.5, 0.6) is 5.75 Å². The molecular weight excluding hydrogens is 466 g/mol. The lowest BCUT2D eigenvalue weighted by Gasteiger charge is -2.27. The molecule has 1 aliphatic rings. The Bertz CT molecular complexity index is 1290. The van der Waals surface area contributed by atoms with Gasteiger partial charge in [0.05, 0.1) is 18.7 Å². The SMILES string of the molecule is CCN(CC)c1ccc(N2C(=O)C(=O)/C(=C(\O)c3ccc(OC)cc3)C2c2ccc(N(C)C)cc2)cc1. The number of hydrogen-bond acceptors (Lipinski definition) is 6. The third kappa shape index (κ3) is 4.89. The van der Waals surface area contributed by atoms with Crippen LogP contribution >= 0.6 is 0 Å². The van der Waals surface area contributed by atoms with Crippen molar-refractivity contribution in [3.63, 3.8) is 0 Å². The minimum Gasteiger partial charge on any atom is -0.507 e. The summed E-state index contributed by atoms with van der Waals surface area (Å²) < 4.78 is 5.22. The summed E-state index contributed by atoms with van der Waals surface area (Å²) in [5.74, 6) is -0.985. The molecule has 3 aromatic carbocycles. The minimum atomic E-state index is -0.780. The van der Waals surface area contributed by atoms with Gasteiger partial charge >= 0.3 is 0 Å². The number of Topliss-reactive ketones (excluding diaryl/α,β-unsaturated/α-hetero) is 1. The van der Waals surface area contributed by atoms with Crippen LogP contribution in [0.2, 0.25) is 0 Å². The summed E-state index contributed by atoms with van der Waals surface area (Å²) in [6.07, 6.45) is 0. The standard InChI is InChI=1S/C30H33N3O4/c1-6-32(7-2)23-14-16-24(17-15-23)33-27(20-8-12-22(13-9-20)31(3)4)26(29(35)30(33)36)28(34)21-10-18-25(37-5)19-11-21/h8-19,27,34H,6-7H2,1-5H3/b28-26-. The Hall–Kier alpha value is -4.26. The molecular formula is C30H33N3O4. The van der Waals surface area contributed by atoms with E-state index < -0.39 is 17.7 Å². The van der Waals surface area contributed by atoms with Gasteiger partial charge in [-0.15, -0.1) is 0 Å². The second kappa shape index (κ2) is 10.8. The van der Waals surface area contributed by atoms with Crippen molar-refractivity contribution in [2.24, 2.45) is 0 Å². The van der Waals surface area contributed by atoms with Crippen LogP contribution in [-0.4, -0.2) is 51.1 Å². The molecule has 4 rings (SSSR count). The fraction of sp³-hybridized carbons (Fsp3) is 0.267. The van der Waals surface area contributed by atoms with Gasteiger partial charge in [-0.2, -0.15) is 0 Å². The van der Waals surface area contributed by atoms with E-state index in [-0.39, 0.29) is 11.3 Å². The summed E-state index contributed by atoms with van der Waals surface area (Å²) in [4.78, 5) is 32.5. The third-order valence-corrected chi connectivity index (χ3v) is 6.79. The number of carbonyl (C=O) groups is 2. The van der Waals surface area contributed by atoms with Crippen molar-refractivity contribution in [2.45, 2.75) is 19.9 Å². The Morgan fingerprint density at radius 1 is 0.865 bits per heavy atom. The third-order valence-electron chi connectivity index (χ3n) is 6.79. The molecule has 1 unspecified atom stereocenters. The zero-order chi connectivity index (χ0) is 26.7. The summed E-state index contributed by atoms with van der Waals surface area (Å²) in [5, 5.41) is 11.3. The number of aliphatic hydroxyl groups excluding tert-OH is 1. The van der Waals surface area contributed by atoms with E-state index in [1.807, 2.05) is 67.5 Å². The molecule has 1 atom stereocenters. The lowest BCUT2D eigenvalue weighted by molar-refractivity contribution is -0.132. The first kappa shape index (κ1) is 25.8. The molecule has 0 saturated carbocycles. The maximum atomic E-state index is 13.4. The lowest BCUT2D eigenvalue weighted by atomic mass is 9.95.